The van der Waals surface area contributed by atoms with Crippen molar-refractivity contribution in [2.45, 2.75) is 6.92 Å². The van der Waals surface area contributed by atoms with Gasteiger partial charge in [0.2, 0.25) is 0 Å². The second-order valence-electron chi connectivity index (χ2n) is 4.26. The van der Waals surface area contributed by atoms with Crippen LogP contribution >= 0.6 is 0 Å². The number of aromatic nitrogens is 1. The highest BCUT2D eigenvalue weighted by Crippen LogP contribution is 2.25. The van der Waals surface area contributed by atoms with Crippen LogP contribution in [-0.4, -0.2) is 19.1 Å². The highest BCUT2D eigenvalue weighted by Gasteiger charge is 2.05. The van der Waals surface area contributed by atoms with Crippen LogP contribution in [0.25, 0.3) is 11.1 Å². The first kappa shape index (κ1) is 11.6. The summed E-state index contributed by atoms with van der Waals surface area (Å²) in [5.74, 6) is 0.682. The zero-order chi connectivity index (χ0) is 12.4. The monoisotopic (exact) mass is 230 g/mol. The van der Waals surface area contributed by atoms with Crippen molar-refractivity contribution in [2.24, 2.45) is 0 Å². The lowest BCUT2D eigenvalue weighted by Crippen LogP contribution is -2.10. The molecule has 0 fully saturated rings. The van der Waals surface area contributed by atoms with Gasteiger partial charge in [0.05, 0.1) is 0 Å². The van der Waals surface area contributed by atoms with Gasteiger partial charge in [0.15, 0.2) is 0 Å². The molecule has 17 heavy (non-hydrogen) atoms. The third kappa shape index (κ3) is 2.44. The van der Waals surface area contributed by atoms with Gasteiger partial charge in [-0.15, -0.1) is 0 Å². The Bertz CT molecular complexity index is 535. The van der Waals surface area contributed by atoms with Gasteiger partial charge in [-0.1, -0.05) is 12.1 Å². The molecule has 1 aromatic carbocycles. The van der Waals surface area contributed by atoms with E-state index >= 15 is 0 Å². The van der Waals surface area contributed by atoms with E-state index in [-0.39, 0.29) is 5.82 Å². The molecule has 2 aromatic rings. The van der Waals surface area contributed by atoms with Gasteiger partial charge >= 0.3 is 0 Å². The van der Waals surface area contributed by atoms with Crippen molar-refractivity contribution in [3.63, 3.8) is 0 Å². The van der Waals surface area contributed by atoms with Crippen LogP contribution in [0.1, 0.15) is 5.56 Å². The third-order valence-corrected chi connectivity index (χ3v) is 2.69. The molecule has 0 aliphatic carbocycles. The maximum atomic E-state index is 13.2. The SMILES string of the molecule is Cc1cc(N(C)C)ncc1-c1cccc(F)c1. The predicted octanol–water partition coefficient (Wildman–Crippen LogP) is 3.26. The summed E-state index contributed by atoms with van der Waals surface area (Å²) in [7, 11) is 3.90. The molecule has 0 atom stereocenters. The number of rotatable bonds is 2. The molecule has 1 aromatic heterocycles. The Morgan fingerprint density at radius 1 is 1.18 bits per heavy atom. The first-order valence-electron chi connectivity index (χ1n) is 5.48. The maximum Gasteiger partial charge on any atom is 0.128 e. The van der Waals surface area contributed by atoms with Crippen molar-refractivity contribution in [3.8, 4) is 11.1 Å². The smallest absolute Gasteiger partial charge is 0.128 e. The largest absolute Gasteiger partial charge is 0.363 e. The Morgan fingerprint density at radius 2 is 1.94 bits per heavy atom. The zero-order valence-electron chi connectivity index (χ0n) is 10.2. The molecule has 0 aliphatic rings. The molecule has 0 amide bonds. The van der Waals surface area contributed by atoms with Gasteiger partial charge in [-0.3, -0.25) is 0 Å². The number of halogens is 1. The van der Waals surface area contributed by atoms with Crippen LogP contribution in [0.5, 0.6) is 0 Å². The van der Waals surface area contributed by atoms with Crippen molar-refractivity contribution in [3.05, 3.63) is 47.9 Å². The summed E-state index contributed by atoms with van der Waals surface area (Å²) in [5.41, 5.74) is 2.92. The van der Waals surface area contributed by atoms with E-state index in [2.05, 4.69) is 4.98 Å². The van der Waals surface area contributed by atoms with Crippen molar-refractivity contribution in [2.75, 3.05) is 19.0 Å². The number of anilines is 1. The fraction of sp³-hybridized carbons (Fsp3) is 0.214. The molecule has 2 nitrogen and oxygen atoms in total. The van der Waals surface area contributed by atoms with Crippen molar-refractivity contribution in [1.82, 2.24) is 4.98 Å². The Morgan fingerprint density at radius 3 is 2.53 bits per heavy atom. The highest BCUT2D eigenvalue weighted by atomic mass is 19.1. The van der Waals surface area contributed by atoms with Gasteiger partial charge in [0, 0.05) is 25.9 Å². The number of hydrogen-bond donors (Lipinski definition) is 0. The molecule has 2 rings (SSSR count). The minimum Gasteiger partial charge on any atom is -0.363 e. The standard InChI is InChI=1S/C14H15FN2/c1-10-7-14(17(2)3)16-9-13(10)11-5-4-6-12(15)8-11/h4-9H,1-3H3. The highest BCUT2D eigenvalue weighted by molar-refractivity contribution is 5.67. The van der Waals surface area contributed by atoms with Crippen LogP contribution in [0, 0.1) is 12.7 Å². The zero-order valence-corrected chi connectivity index (χ0v) is 10.2. The quantitative estimate of drug-likeness (QED) is 0.787. The van der Waals surface area contributed by atoms with E-state index in [0.29, 0.717) is 0 Å². The molecule has 0 spiro atoms. The Labute approximate surface area is 101 Å². The van der Waals surface area contributed by atoms with Crippen LogP contribution in [-0.2, 0) is 0 Å². The minimum atomic E-state index is -0.224. The number of pyridine rings is 1. The van der Waals surface area contributed by atoms with Gasteiger partial charge in [-0.05, 0) is 36.2 Å². The van der Waals surface area contributed by atoms with Crippen molar-refractivity contribution in [1.29, 1.82) is 0 Å². The molecule has 0 radical (unpaired) electrons. The lowest BCUT2D eigenvalue weighted by atomic mass is 10.0. The molecular formula is C14H15FN2. The molecule has 0 saturated carbocycles. The van der Waals surface area contributed by atoms with E-state index in [1.807, 2.05) is 38.1 Å². The summed E-state index contributed by atoms with van der Waals surface area (Å²) in [4.78, 5) is 6.30. The van der Waals surface area contributed by atoms with Gasteiger partial charge in [0.25, 0.3) is 0 Å². The van der Waals surface area contributed by atoms with Crippen molar-refractivity contribution >= 4 is 5.82 Å². The molecule has 0 aliphatic heterocycles. The molecule has 88 valence electrons. The van der Waals surface area contributed by atoms with E-state index in [9.17, 15) is 4.39 Å². The molecular weight excluding hydrogens is 215 g/mol. The van der Waals surface area contributed by atoms with Crippen LogP contribution in [0.3, 0.4) is 0 Å². The maximum absolute atomic E-state index is 13.2. The second kappa shape index (κ2) is 4.53. The van der Waals surface area contributed by atoms with Gasteiger partial charge in [0.1, 0.15) is 11.6 Å². The number of nitrogens with zero attached hydrogens (tertiary/aromatic N) is 2. The van der Waals surface area contributed by atoms with E-state index in [0.717, 1.165) is 22.5 Å². The van der Waals surface area contributed by atoms with Crippen LogP contribution < -0.4 is 4.90 Å². The van der Waals surface area contributed by atoms with E-state index in [1.54, 1.807) is 12.3 Å². The van der Waals surface area contributed by atoms with Gasteiger partial charge in [-0.25, -0.2) is 9.37 Å². The first-order chi connectivity index (χ1) is 8.08. The van der Waals surface area contributed by atoms with Gasteiger partial charge < -0.3 is 4.90 Å². The van der Waals surface area contributed by atoms with E-state index < -0.39 is 0 Å². The molecule has 0 unspecified atom stereocenters. The Hall–Kier alpha value is -1.90. The van der Waals surface area contributed by atoms with Crippen LogP contribution in [0.15, 0.2) is 36.5 Å². The van der Waals surface area contributed by atoms with E-state index in [1.165, 1.54) is 12.1 Å². The third-order valence-electron chi connectivity index (χ3n) is 2.69. The topological polar surface area (TPSA) is 16.1 Å². The van der Waals surface area contributed by atoms with Crippen molar-refractivity contribution < 1.29 is 4.39 Å². The average Bonchev–Trinajstić information content (AvgIpc) is 2.28. The Balaban J connectivity index is 2.47. The lowest BCUT2D eigenvalue weighted by Gasteiger charge is -2.13. The summed E-state index contributed by atoms with van der Waals surface area (Å²) < 4.78 is 13.2. The summed E-state index contributed by atoms with van der Waals surface area (Å²) in [6.07, 6.45) is 1.79. The average molecular weight is 230 g/mol. The van der Waals surface area contributed by atoms with Crippen LogP contribution in [0.2, 0.25) is 0 Å². The molecule has 0 saturated heterocycles. The number of aryl methyl sites for hydroxylation is 1. The minimum absolute atomic E-state index is 0.224. The summed E-state index contributed by atoms with van der Waals surface area (Å²) in [5, 5.41) is 0. The Kier molecular flexibility index (Phi) is 3.09. The first-order valence-corrected chi connectivity index (χ1v) is 5.48. The molecule has 0 bridgehead atoms. The molecule has 1 heterocycles. The summed E-state index contributed by atoms with van der Waals surface area (Å²) in [6, 6.07) is 8.58. The fourth-order valence-corrected chi connectivity index (χ4v) is 1.74. The lowest BCUT2D eigenvalue weighted by molar-refractivity contribution is 0.628. The van der Waals surface area contributed by atoms with Crippen LogP contribution in [0.4, 0.5) is 10.2 Å². The summed E-state index contributed by atoms with van der Waals surface area (Å²) in [6.45, 7) is 2.01. The van der Waals surface area contributed by atoms with E-state index in [4.69, 9.17) is 0 Å². The second-order valence-corrected chi connectivity index (χ2v) is 4.26. The number of hydrogen-bond acceptors (Lipinski definition) is 2. The summed E-state index contributed by atoms with van der Waals surface area (Å²) >= 11 is 0. The van der Waals surface area contributed by atoms with Gasteiger partial charge in [-0.2, -0.15) is 0 Å². The fourth-order valence-electron chi connectivity index (χ4n) is 1.74. The number of benzene rings is 1. The molecule has 3 heteroatoms. The normalized spacial score (nSPS) is 10.4. The molecule has 0 N–H and O–H groups in total. The predicted molar refractivity (Wildman–Crippen MR) is 68.7 cm³/mol.